The second kappa shape index (κ2) is 8.39. The van der Waals surface area contributed by atoms with Gasteiger partial charge in [0.25, 0.3) is 5.91 Å². The van der Waals surface area contributed by atoms with E-state index in [-0.39, 0.29) is 17.9 Å². The van der Waals surface area contributed by atoms with Gasteiger partial charge in [-0.15, -0.1) is 0 Å². The van der Waals surface area contributed by atoms with Gasteiger partial charge in [-0.25, -0.2) is 4.39 Å². The van der Waals surface area contributed by atoms with Crippen molar-refractivity contribution in [3.05, 3.63) is 70.5 Å². The maximum atomic E-state index is 14.2. The number of aryl methyl sites for hydroxylation is 1. The molecule has 0 aliphatic rings. The molecule has 0 unspecified atom stereocenters. The van der Waals surface area contributed by atoms with Crippen molar-refractivity contribution in [2.75, 3.05) is 7.11 Å². The molecule has 1 atom stereocenters. The van der Waals surface area contributed by atoms with Crippen LogP contribution in [0.4, 0.5) is 4.39 Å². The number of halogens is 1. The maximum Gasteiger partial charge on any atom is 0.254 e. The van der Waals surface area contributed by atoms with E-state index >= 15 is 0 Å². The average molecular weight is 343 g/mol. The fourth-order valence-corrected chi connectivity index (χ4v) is 2.62. The van der Waals surface area contributed by atoms with Gasteiger partial charge in [0, 0.05) is 24.8 Å². The van der Waals surface area contributed by atoms with E-state index in [4.69, 9.17) is 15.9 Å². The summed E-state index contributed by atoms with van der Waals surface area (Å²) >= 11 is 0. The number of nitrogens with two attached hydrogens (primary N) is 1. The number of benzene rings is 2. The van der Waals surface area contributed by atoms with Crippen LogP contribution in [-0.4, -0.2) is 18.9 Å². The summed E-state index contributed by atoms with van der Waals surface area (Å²) in [5, 5.41) is 10.1. The van der Waals surface area contributed by atoms with Gasteiger partial charge in [-0.2, -0.15) is 0 Å². The Morgan fingerprint density at radius 3 is 2.52 bits per heavy atom. The first kappa shape index (κ1) is 18.6. The van der Waals surface area contributed by atoms with Crippen molar-refractivity contribution in [2.45, 2.75) is 26.0 Å². The summed E-state index contributed by atoms with van der Waals surface area (Å²) in [6, 6.07) is 11.7. The van der Waals surface area contributed by atoms with Crippen LogP contribution in [0.2, 0.25) is 0 Å². The minimum atomic E-state index is -1.01. The normalized spacial score (nSPS) is 11.8. The molecular weight excluding hydrogens is 321 g/mol. The molecule has 0 heterocycles. The summed E-state index contributed by atoms with van der Waals surface area (Å²) in [7, 11) is 1.39. The van der Waals surface area contributed by atoms with Gasteiger partial charge < -0.3 is 15.8 Å². The second-order valence-electron chi connectivity index (χ2n) is 5.61. The third-order valence-corrected chi connectivity index (χ3v) is 3.99. The fraction of sp³-hybridized carbons (Fsp3) is 0.263. The summed E-state index contributed by atoms with van der Waals surface area (Å²) in [6.07, 6.45) is -0.403. The van der Waals surface area contributed by atoms with Gasteiger partial charge in [0.05, 0.1) is 0 Å². The molecule has 0 bridgehead atoms. The first-order valence-electron chi connectivity index (χ1n) is 7.99. The molecule has 0 fully saturated rings. The molecule has 132 valence electrons. The number of carbonyl (C=O) groups excluding carboxylic acids is 1. The van der Waals surface area contributed by atoms with Gasteiger partial charge >= 0.3 is 0 Å². The monoisotopic (exact) mass is 343 g/mol. The smallest absolute Gasteiger partial charge is 0.254 e. The molecule has 0 spiro atoms. The van der Waals surface area contributed by atoms with Crippen molar-refractivity contribution in [2.24, 2.45) is 5.73 Å². The number of carbonyl (C=O) groups is 1. The SMILES string of the molecule is CCc1cccc(F)c1[C@H](OC)C(=O)NCc1ccc(C(=N)N)cc1. The lowest BCUT2D eigenvalue weighted by molar-refractivity contribution is -0.131. The highest BCUT2D eigenvalue weighted by Crippen LogP contribution is 2.25. The quantitative estimate of drug-likeness (QED) is 0.533. The zero-order chi connectivity index (χ0) is 18.4. The minimum absolute atomic E-state index is 0.0123. The van der Waals surface area contributed by atoms with Crippen molar-refractivity contribution >= 4 is 11.7 Å². The molecule has 0 radical (unpaired) electrons. The molecule has 25 heavy (non-hydrogen) atoms. The second-order valence-corrected chi connectivity index (χ2v) is 5.61. The van der Waals surface area contributed by atoms with Crippen molar-refractivity contribution in [1.29, 1.82) is 5.41 Å². The number of amidine groups is 1. The van der Waals surface area contributed by atoms with Gasteiger partial charge in [-0.3, -0.25) is 10.2 Å². The molecule has 1 amide bonds. The number of nitrogens with one attached hydrogen (secondary N) is 2. The third kappa shape index (κ3) is 4.42. The van der Waals surface area contributed by atoms with E-state index in [0.717, 1.165) is 11.1 Å². The Labute approximate surface area is 146 Å². The zero-order valence-corrected chi connectivity index (χ0v) is 14.3. The van der Waals surface area contributed by atoms with Crippen molar-refractivity contribution < 1.29 is 13.9 Å². The Hall–Kier alpha value is -2.73. The van der Waals surface area contributed by atoms with Crippen LogP contribution in [0.3, 0.4) is 0 Å². The van der Waals surface area contributed by atoms with E-state index in [1.54, 1.807) is 36.4 Å². The molecule has 5 nitrogen and oxygen atoms in total. The van der Waals surface area contributed by atoms with Crippen LogP contribution >= 0.6 is 0 Å². The van der Waals surface area contributed by atoms with Crippen LogP contribution in [0.5, 0.6) is 0 Å². The Balaban J connectivity index is 2.12. The van der Waals surface area contributed by atoms with Crippen molar-refractivity contribution in [3.8, 4) is 0 Å². The molecule has 0 saturated carbocycles. The van der Waals surface area contributed by atoms with Crippen LogP contribution < -0.4 is 11.1 Å². The largest absolute Gasteiger partial charge is 0.384 e. The van der Waals surface area contributed by atoms with Crippen molar-refractivity contribution in [3.63, 3.8) is 0 Å². The number of nitrogen functional groups attached to an aromatic ring is 1. The molecule has 0 aromatic heterocycles. The lowest BCUT2D eigenvalue weighted by Crippen LogP contribution is -2.31. The number of rotatable bonds is 7. The highest BCUT2D eigenvalue weighted by Gasteiger charge is 2.25. The standard InChI is InChI=1S/C19H22FN3O2/c1-3-13-5-4-6-15(20)16(13)17(25-2)19(24)23-11-12-7-9-14(10-8-12)18(21)22/h4-10,17H,3,11H2,1-2H3,(H3,21,22)(H,23,24)/t17-/m0/s1. The minimum Gasteiger partial charge on any atom is -0.384 e. The average Bonchev–Trinajstić information content (AvgIpc) is 2.62. The number of amides is 1. The van der Waals surface area contributed by atoms with Crippen LogP contribution in [0.1, 0.15) is 35.3 Å². The van der Waals surface area contributed by atoms with Crippen LogP contribution in [0, 0.1) is 11.2 Å². The number of ether oxygens (including phenoxy) is 1. The van der Waals surface area contributed by atoms with Crippen LogP contribution in [0.25, 0.3) is 0 Å². The maximum absolute atomic E-state index is 14.2. The molecule has 0 aliphatic carbocycles. The van der Waals surface area contributed by atoms with Crippen molar-refractivity contribution in [1.82, 2.24) is 5.32 Å². The Bertz CT molecular complexity index is 760. The van der Waals surface area contributed by atoms with E-state index in [9.17, 15) is 9.18 Å². The van der Waals surface area contributed by atoms with E-state index < -0.39 is 17.8 Å². The molecule has 0 saturated heterocycles. The summed E-state index contributed by atoms with van der Waals surface area (Å²) in [5.74, 6) is -0.869. The molecular formula is C19H22FN3O2. The number of hydrogen-bond donors (Lipinski definition) is 3. The highest BCUT2D eigenvalue weighted by atomic mass is 19.1. The fourth-order valence-electron chi connectivity index (χ4n) is 2.62. The lowest BCUT2D eigenvalue weighted by atomic mass is 9.99. The number of methoxy groups -OCH3 is 1. The topological polar surface area (TPSA) is 88.2 Å². The number of hydrogen-bond acceptors (Lipinski definition) is 3. The summed E-state index contributed by atoms with van der Waals surface area (Å²) < 4.78 is 19.5. The van der Waals surface area contributed by atoms with Gasteiger partial charge in [0.15, 0.2) is 6.10 Å². The lowest BCUT2D eigenvalue weighted by Gasteiger charge is -2.19. The van der Waals surface area contributed by atoms with Crippen LogP contribution in [0.15, 0.2) is 42.5 Å². The van der Waals surface area contributed by atoms with Gasteiger partial charge in [0.2, 0.25) is 0 Å². The first-order valence-corrected chi connectivity index (χ1v) is 7.99. The molecule has 6 heteroatoms. The van der Waals surface area contributed by atoms with E-state index in [2.05, 4.69) is 5.32 Å². The summed E-state index contributed by atoms with van der Waals surface area (Å²) in [6.45, 7) is 2.17. The molecule has 2 rings (SSSR count). The predicted molar refractivity (Wildman–Crippen MR) is 94.8 cm³/mol. The molecule has 4 N–H and O–H groups in total. The first-order chi connectivity index (χ1) is 12.0. The molecule has 0 aliphatic heterocycles. The van der Waals surface area contributed by atoms with E-state index in [1.165, 1.54) is 13.2 Å². The molecule has 2 aromatic rings. The van der Waals surface area contributed by atoms with E-state index in [0.29, 0.717) is 12.0 Å². The Kier molecular flexibility index (Phi) is 6.25. The highest BCUT2D eigenvalue weighted by molar-refractivity contribution is 5.94. The summed E-state index contributed by atoms with van der Waals surface area (Å²) in [4.78, 5) is 12.5. The van der Waals surface area contributed by atoms with Gasteiger partial charge in [-0.05, 0) is 23.6 Å². The van der Waals surface area contributed by atoms with Gasteiger partial charge in [-0.1, -0.05) is 43.3 Å². The molecule has 2 aromatic carbocycles. The Morgan fingerprint density at radius 1 is 1.28 bits per heavy atom. The zero-order valence-electron chi connectivity index (χ0n) is 14.3. The van der Waals surface area contributed by atoms with E-state index in [1.807, 2.05) is 6.92 Å². The predicted octanol–water partition coefficient (Wildman–Crippen LogP) is 2.68. The summed E-state index contributed by atoms with van der Waals surface area (Å²) in [5.41, 5.74) is 7.89. The third-order valence-electron chi connectivity index (χ3n) is 3.99. The van der Waals surface area contributed by atoms with Gasteiger partial charge in [0.1, 0.15) is 11.7 Å². The Morgan fingerprint density at radius 2 is 1.96 bits per heavy atom. The van der Waals surface area contributed by atoms with Crippen LogP contribution in [-0.2, 0) is 22.5 Å².